The van der Waals surface area contributed by atoms with E-state index in [4.69, 9.17) is 14.7 Å². The third kappa shape index (κ3) is 4.88. The van der Waals surface area contributed by atoms with Crippen molar-refractivity contribution in [3.05, 3.63) is 83.4 Å². The van der Waals surface area contributed by atoms with E-state index in [-0.39, 0.29) is 12.1 Å². The van der Waals surface area contributed by atoms with Crippen LogP contribution in [0.3, 0.4) is 0 Å². The molecular formula is C31H38N6O. The first-order chi connectivity index (χ1) is 18.6. The molecule has 7 nitrogen and oxygen atoms in total. The molecule has 1 aliphatic heterocycles. The molecule has 0 unspecified atom stereocenters. The van der Waals surface area contributed by atoms with E-state index in [2.05, 4.69) is 88.3 Å². The maximum atomic E-state index is 5.42. The fraction of sp³-hybridized carbons (Fsp3) is 0.419. The summed E-state index contributed by atoms with van der Waals surface area (Å²) in [4.78, 5) is 21.2. The minimum Gasteiger partial charge on any atom is -0.497 e. The van der Waals surface area contributed by atoms with Crippen molar-refractivity contribution in [1.29, 1.82) is 0 Å². The number of hydrogen-bond acceptors (Lipinski definition) is 6. The zero-order valence-electron chi connectivity index (χ0n) is 22.7. The van der Waals surface area contributed by atoms with Crippen LogP contribution in [0, 0.1) is 0 Å². The molecule has 0 amide bonds. The molecule has 4 aromatic rings. The van der Waals surface area contributed by atoms with E-state index in [1.807, 2.05) is 6.20 Å². The van der Waals surface area contributed by atoms with Crippen LogP contribution in [0.15, 0.2) is 60.8 Å². The number of ether oxygens (including phenoxy) is 1. The van der Waals surface area contributed by atoms with Crippen molar-refractivity contribution >= 4 is 16.7 Å². The number of methoxy groups -OCH3 is 1. The minimum absolute atomic E-state index is 0.184. The van der Waals surface area contributed by atoms with Crippen LogP contribution in [-0.4, -0.2) is 65.1 Å². The SMILES string of the molecule is COc1ccc([C@H](C)N(Cc2nc3c(N4CCN(C)CC4)cccc3[nH]2)[C@H]2CCCc3cccnc32)cc1. The van der Waals surface area contributed by atoms with Crippen LogP contribution in [0.4, 0.5) is 5.69 Å². The molecule has 3 heterocycles. The molecule has 7 heteroatoms. The molecule has 1 fully saturated rings. The van der Waals surface area contributed by atoms with Crippen LogP contribution < -0.4 is 9.64 Å². The average Bonchev–Trinajstić information content (AvgIpc) is 3.39. The van der Waals surface area contributed by atoms with Gasteiger partial charge in [-0.3, -0.25) is 9.88 Å². The Balaban J connectivity index is 1.35. The van der Waals surface area contributed by atoms with E-state index in [1.165, 1.54) is 28.9 Å². The second-order valence-electron chi connectivity index (χ2n) is 10.7. The first kappa shape index (κ1) is 24.9. The number of anilines is 1. The van der Waals surface area contributed by atoms with Gasteiger partial charge in [0, 0.05) is 38.4 Å². The third-order valence-electron chi connectivity index (χ3n) is 8.38. The second-order valence-corrected chi connectivity index (χ2v) is 10.7. The van der Waals surface area contributed by atoms with Crippen molar-refractivity contribution in [3.63, 3.8) is 0 Å². The Kier molecular flexibility index (Phi) is 7.04. The van der Waals surface area contributed by atoms with Crippen molar-refractivity contribution in [1.82, 2.24) is 24.8 Å². The molecule has 2 atom stereocenters. The molecule has 2 aromatic carbocycles. The standard InChI is InChI=1S/C31H38N6O/c1-22(23-12-14-25(38-3)15-13-23)37(28-11-4-7-24-8-6-16-32-30(24)28)21-29-33-26-9-5-10-27(31(26)34-29)36-19-17-35(2)18-20-36/h5-6,8-10,12-16,22,28H,4,7,11,17-21H2,1-3H3,(H,33,34)/t22-,28-/m0/s1. The molecule has 0 saturated carbocycles. The fourth-order valence-electron chi connectivity index (χ4n) is 6.12. The van der Waals surface area contributed by atoms with Gasteiger partial charge in [0.15, 0.2) is 0 Å². The summed E-state index contributed by atoms with van der Waals surface area (Å²) in [5.41, 5.74) is 7.27. The van der Waals surface area contributed by atoms with Gasteiger partial charge < -0.3 is 19.5 Å². The van der Waals surface area contributed by atoms with Gasteiger partial charge in [0.1, 0.15) is 17.1 Å². The summed E-state index contributed by atoms with van der Waals surface area (Å²) in [5, 5.41) is 0. The van der Waals surface area contributed by atoms with Crippen molar-refractivity contribution in [2.45, 2.75) is 44.8 Å². The topological polar surface area (TPSA) is 60.5 Å². The molecule has 2 aromatic heterocycles. The lowest BCUT2D eigenvalue weighted by Gasteiger charge is -2.38. The Morgan fingerprint density at radius 3 is 2.66 bits per heavy atom. The van der Waals surface area contributed by atoms with Gasteiger partial charge in [-0.15, -0.1) is 0 Å². The zero-order chi connectivity index (χ0) is 26.1. The highest BCUT2D eigenvalue weighted by molar-refractivity contribution is 5.89. The van der Waals surface area contributed by atoms with E-state index in [0.29, 0.717) is 0 Å². The maximum Gasteiger partial charge on any atom is 0.121 e. The number of aryl methyl sites for hydroxylation is 1. The molecule has 2 aliphatic rings. The van der Waals surface area contributed by atoms with Crippen LogP contribution in [0.25, 0.3) is 11.0 Å². The maximum absolute atomic E-state index is 5.42. The number of hydrogen-bond donors (Lipinski definition) is 1. The first-order valence-electron chi connectivity index (χ1n) is 13.9. The van der Waals surface area contributed by atoms with Gasteiger partial charge in [-0.1, -0.05) is 24.3 Å². The highest BCUT2D eigenvalue weighted by Gasteiger charge is 2.32. The number of H-pyrrole nitrogens is 1. The van der Waals surface area contributed by atoms with Gasteiger partial charge in [-0.05, 0) is 74.7 Å². The predicted octanol–water partition coefficient (Wildman–Crippen LogP) is 5.36. The molecule has 6 rings (SSSR count). The van der Waals surface area contributed by atoms with Gasteiger partial charge in [0.25, 0.3) is 0 Å². The molecular weight excluding hydrogens is 472 g/mol. The van der Waals surface area contributed by atoms with Crippen LogP contribution in [0.1, 0.15) is 54.5 Å². The lowest BCUT2D eigenvalue weighted by atomic mass is 9.89. The van der Waals surface area contributed by atoms with Crippen molar-refractivity contribution in [3.8, 4) is 5.75 Å². The summed E-state index contributed by atoms with van der Waals surface area (Å²) >= 11 is 0. The Bertz CT molecular complexity index is 1370. The quantitative estimate of drug-likeness (QED) is 0.361. The average molecular weight is 511 g/mol. The van der Waals surface area contributed by atoms with Crippen molar-refractivity contribution < 1.29 is 4.74 Å². The molecule has 1 N–H and O–H groups in total. The summed E-state index contributed by atoms with van der Waals surface area (Å²) < 4.78 is 5.42. The lowest BCUT2D eigenvalue weighted by Crippen LogP contribution is -2.44. The monoisotopic (exact) mass is 510 g/mol. The number of aromatic nitrogens is 3. The molecule has 0 spiro atoms. The largest absolute Gasteiger partial charge is 0.497 e. The summed E-state index contributed by atoms with van der Waals surface area (Å²) in [6.07, 6.45) is 5.31. The molecule has 0 bridgehead atoms. The van der Waals surface area contributed by atoms with Crippen LogP contribution in [0.2, 0.25) is 0 Å². The van der Waals surface area contributed by atoms with Gasteiger partial charge in [0.2, 0.25) is 0 Å². The number of nitrogens with one attached hydrogen (secondary N) is 1. The molecule has 1 aliphatic carbocycles. The number of nitrogens with zero attached hydrogens (tertiary/aromatic N) is 5. The number of aromatic amines is 1. The van der Waals surface area contributed by atoms with E-state index in [9.17, 15) is 0 Å². The second kappa shape index (κ2) is 10.8. The molecule has 0 radical (unpaired) electrons. The van der Waals surface area contributed by atoms with E-state index in [0.717, 1.165) is 68.2 Å². The van der Waals surface area contributed by atoms with E-state index < -0.39 is 0 Å². The number of benzene rings is 2. The third-order valence-corrected chi connectivity index (χ3v) is 8.38. The van der Waals surface area contributed by atoms with Crippen LogP contribution in [-0.2, 0) is 13.0 Å². The Labute approximate surface area is 225 Å². The summed E-state index contributed by atoms with van der Waals surface area (Å²) in [6.45, 7) is 7.25. The van der Waals surface area contributed by atoms with Crippen LogP contribution >= 0.6 is 0 Å². The lowest BCUT2D eigenvalue weighted by molar-refractivity contribution is 0.113. The van der Waals surface area contributed by atoms with E-state index in [1.54, 1.807) is 7.11 Å². The predicted molar refractivity (Wildman–Crippen MR) is 153 cm³/mol. The minimum atomic E-state index is 0.184. The van der Waals surface area contributed by atoms with Gasteiger partial charge in [-0.2, -0.15) is 0 Å². The molecule has 198 valence electrons. The Hall–Kier alpha value is -3.42. The number of rotatable bonds is 7. The fourth-order valence-corrected chi connectivity index (χ4v) is 6.12. The Morgan fingerprint density at radius 1 is 1.05 bits per heavy atom. The van der Waals surface area contributed by atoms with Crippen molar-refractivity contribution in [2.75, 3.05) is 45.2 Å². The molecule has 1 saturated heterocycles. The highest BCUT2D eigenvalue weighted by Crippen LogP contribution is 2.39. The number of fused-ring (bicyclic) bond motifs is 2. The number of para-hydroxylation sites is 1. The smallest absolute Gasteiger partial charge is 0.121 e. The molecule has 38 heavy (non-hydrogen) atoms. The van der Waals surface area contributed by atoms with Gasteiger partial charge >= 0.3 is 0 Å². The first-order valence-corrected chi connectivity index (χ1v) is 13.9. The van der Waals surface area contributed by atoms with Gasteiger partial charge in [-0.25, -0.2) is 4.98 Å². The van der Waals surface area contributed by atoms with Gasteiger partial charge in [0.05, 0.1) is 36.6 Å². The summed E-state index contributed by atoms with van der Waals surface area (Å²) in [7, 11) is 3.91. The number of pyridine rings is 1. The Morgan fingerprint density at radius 2 is 1.87 bits per heavy atom. The summed E-state index contributed by atoms with van der Waals surface area (Å²) in [5.74, 6) is 1.89. The number of piperazine rings is 1. The number of imidazole rings is 1. The summed E-state index contributed by atoms with van der Waals surface area (Å²) in [6, 6.07) is 19.7. The normalized spacial score (nSPS) is 19.1. The number of likely N-dealkylation sites (N-methyl/N-ethyl adjacent to an activating group) is 1. The highest BCUT2D eigenvalue weighted by atomic mass is 16.5. The van der Waals surface area contributed by atoms with Crippen molar-refractivity contribution in [2.24, 2.45) is 0 Å². The van der Waals surface area contributed by atoms with Crippen LogP contribution in [0.5, 0.6) is 5.75 Å². The van der Waals surface area contributed by atoms with E-state index >= 15 is 0 Å². The zero-order valence-corrected chi connectivity index (χ0v) is 22.7.